The first-order chi connectivity index (χ1) is 27.7. The lowest BCUT2D eigenvalue weighted by Gasteiger charge is -2.54. The highest BCUT2D eigenvalue weighted by Crippen LogP contribution is 2.59. The van der Waals surface area contributed by atoms with E-state index < -0.39 is 77.7 Å². The monoisotopic (exact) mass is 837 g/mol. The fourth-order valence-electron chi connectivity index (χ4n) is 8.79. The summed E-state index contributed by atoms with van der Waals surface area (Å²) in [5.74, 6) is -3.33. The molecule has 1 aliphatic heterocycles. The van der Waals surface area contributed by atoms with Gasteiger partial charge in [0, 0.05) is 35.7 Å². The van der Waals surface area contributed by atoms with Crippen molar-refractivity contribution in [2.24, 2.45) is 11.8 Å². The Kier molecular flexibility index (Phi) is 12.7. The van der Waals surface area contributed by atoms with Gasteiger partial charge in [0.2, 0.25) is 5.78 Å². The standard InChI is InChI=1S/C45H64FN3O9Si/c1-12-15-21-54-31-25-27(30-18-17-20-49(30)42(53)56-43(4,5)6)35(46)28-23-26-24-29-36(47-19-14-3)38-34(41(48-57-38)55-22-16-13-2)40(52)45(29,58-59(10,11)44(7,8)9)39(51)32(26)37(50)33(28)31/h14,25-26,29-30,36,47,51H,3,12-13,15-24H2,1-2,4-11H3/t26-,29-,30?,36-,45-/m0/s1. The molecule has 59 heavy (non-hydrogen) atoms. The number of nitrogens with one attached hydrogen (secondary N) is 1. The molecule has 1 unspecified atom stereocenters. The quantitative estimate of drug-likeness (QED) is 0.106. The predicted molar refractivity (Wildman–Crippen MR) is 224 cm³/mol. The molecule has 5 atom stereocenters. The number of allylic oxidation sites excluding steroid dienone is 1. The summed E-state index contributed by atoms with van der Waals surface area (Å²) in [6, 6.07) is 0.181. The van der Waals surface area contributed by atoms with Crippen LogP contribution in [0.25, 0.3) is 0 Å². The van der Waals surface area contributed by atoms with Crippen molar-refractivity contribution >= 4 is 26.0 Å². The lowest BCUT2D eigenvalue weighted by Crippen LogP contribution is -2.65. The molecule has 1 saturated heterocycles. The van der Waals surface area contributed by atoms with Crippen LogP contribution in [0.5, 0.6) is 11.6 Å². The van der Waals surface area contributed by atoms with E-state index in [1.807, 2.05) is 47.7 Å². The number of nitrogens with zero attached hydrogens (tertiary/aromatic N) is 2. The predicted octanol–water partition coefficient (Wildman–Crippen LogP) is 9.90. The number of carbonyl (C=O) groups is 3. The van der Waals surface area contributed by atoms with E-state index in [0.29, 0.717) is 45.4 Å². The van der Waals surface area contributed by atoms with Gasteiger partial charge in [-0.25, -0.2) is 9.18 Å². The summed E-state index contributed by atoms with van der Waals surface area (Å²) >= 11 is 0. The maximum atomic E-state index is 17.4. The second kappa shape index (κ2) is 16.8. The first-order valence-corrected chi connectivity index (χ1v) is 24.3. The molecule has 0 radical (unpaired) electrons. The van der Waals surface area contributed by atoms with Gasteiger partial charge < -0.3 is 38.5 Å². The minimum atomic E-state index is -2.94. The van der Waals surface area contributed by atoms with E-state index in [4.69, 9.17) is 23.2 Å². The Labute approximate surface area is 349 Å². The zero-order valence-corrected chi connectivity index (χ0v) is 37.6. The average molecular weight is 838 g/mol. The van der Waals surface area contributed by atoms with Crippen LogP contribution in [0.4, 0.5) is 9.18 Å². The Morgan fingerprint density at radius 3 is 2.42 bits per heavy atom. The zero-order valence-electron chi connectivity index (χ0n) is 36.6. The number of rotatable bonds is 14. The fraction of sp³-hybridized carbons (Fsp3) is 0.644. The molecule has 1 aromatic heterocycles. The maximum Gasteiger partial charge on any atom is 0.410 e. The number of likely N-dealkylation sites (tertiary alicyclic amines) is 1. The van der Waals surface area contributed by atoms with Crippen LogP contribution in [-0.4, -0.2) is 78.6 Å². The molecule has 0 bridgehead atoms. The molecule has 0 saturated carbocycles. The Bertz CT molecular complexity index is 2000. The van der Waals surface area contributed by atoms with E-state index in [9.17, 15) is 9.90 Å². The van der Waals surface area contributed by atoms with E-state index >= 15 is 14.0 Å². The molecular weight excluding hydrogens is 774 g/mol. The minimum Gasteiger partial charge on any atom is -0.508 e. The number of amides is 1. The fourth-order valence-corrected chi connectivity index (χ4v) is 10.2. The van der Waals surface area contributed by atoms with Gasteiger partial charge in [0.05, 0.1) is 30.9 Å². The highest BCUT2D eigenvalue weighted by molar-refractivity contribution is 6.74. The topological polar surface area (TPSA) is 150 Å². The van der Waals surface area contributed by atoms with Gasteiger partial charge in [0.15, 0.2) is 25.5 Å². The highest BCUT2D eigenvalue weighted by Gasteiger charge is 2.67. The summed E-state index contributed by atoms with van der Waals surface area (Å²) in [5, 5.41) is 20.2. The van der Waals surface area contributed by atoms with E-state index in [1.54, 1.807) is 37.8 Å². The van der Waals surface area contributed by atoms with Gasteiger partial charge >= 0.3 is 6.09 Å². The van der Waals surface area contributed by atoms with Gasteiger partial charge in [-0.1, -0.05) is 53.5 Å². The Hall–Kier alpha value is -4.01. The summed E-state index contributed by atoms with van der Waals surface area (Å²) in [7, 11) is -2.94. The third kappa shape index (κ3) is 8.01. The van der Waals surface area contributed by atoms with Crippen LogP contribution in [0.1, 0.15) is 150 Å². The number of hydrogen-bond acceptors (Lipinski definition) is 11. The Balaban J connectivity index is 1.56. The largest absolute Gasteiger partial charge is 0.508 e. The molecule has 2 N–H and O–H groups in total. The number of fused-ring (bicyclic) bond motifs is 4. The lowest BCUT2D eigenvalue weighted by atomic mass is 9.58. The van der Waals surface area contributed by atoms with Gasteiger partial charge in [-0.3, -0.25) is 9.59 Å². The molecule has 1 amide bonds. The first-order valence-electron chi connectivity index (χ1n) is 21.4. The molecule has 6 rings (SSSR count). The van der Waals surface area contributed by atoms with Gasteiger partial charge in [-0.2, -0.15) is 0 Å². The smallest absolute Gasteiger partial charge is 0.410 e. The van der Waals surface area contributed by atoms with Crippen molar-refractivity contribution in [2.75, 3.05) is 26.3 Å². The molecule has 1 fully saturated rings. The van der Waals surface area contributed by atoms with Crippen molar-refractivity contribution < 1.29 is 47.0 Å². The molecule has 14 heteroatoms. The summed E-state index contributed by atoms with van der Waals surface area (Å²) < 4.78 is 48.6. The number of carbonyl (C=O) groups excluding carboxylic acids is 3. The first kappa shape index (κ1) is 44.5. The summed E-state index contributed by atoms with van der Waals surface area (Å²) in [5.41, 5.74) is -2.25. The summed E-state index contributed by atoms with van der Waals surface area (Å²) in [6.45, 7) is 24.7. The molecule has 0 spiro atoms. The third-order valence-corrected chi connectivity index (χ3v) is 17.2. The van der Waals surface area contributed by atoms with E-state index in [2.05, 4.69) is 17.1 Å². The second-order valence-electron chi connectivity index (χ2n) is 19.0. The van der Waals surface area contributed by atoms with Crippen molar-refractivity contribution in [2.45, 2.75) is 148 Å². The van der Waals surface area contributed by atoms with Gasteiger partial charge in [-0.15, -0.1) is 6.58 Å². The van der Waals surface area contributed by atoms with Gasteiger partial charge in [0.1, 0.15) is 28.5 Å². The second-order valence-corrected chi connectivity index (χ2v) is 23.8. The number of aliphatic hydroxyl groups excluding tert-OH is 1. The average Bonchev–Trinajstić information content (AvgIpc) is 3.81. The molecule has 2 aromatic rings. The lowest BCUT2D eigenvalue weighted by molar-refractivity contribution is -0.0319. The number of aromatic nitrogens is 1. The highest BCUT2D eigenvalue weighted by atomic mass is 28.4. The Morgan fingerprint density at radius 2 is 1.80 bits per heavy atom. The number of unbranched alkanes of at least 4 members (excludes halogenated alkanes) is 2. The molecule has 4 aliphatic rings. The van der Waals surface area contributed by atoms with Crippen molar-refractivity contribution in [3.63, 3.8) is 0 Å². The third-order valence-electron chi connectivity index (χ3n) is 12.7. The molecular formula is C45H64FN3O9Si. The number of ether oxygens (including phenoxy) is 3. The number of aliphatic hydroxyl groups is 1. The van der Waals surface area contributed by atoms with Crippen LogP contribution < -0.4 is 14.8 Å². The van der Waals surface area contributed by atoms with E-state index in [0.717, 1.165) is 12.8 Å². The van der Waals surface area contributed by atoms with Crippen LogP contribution in [-0.2, 0) is 15.6 Å². The van der Waals surface area contributed by atoms with E-state index in [-0.39, 0.29) is 64.7 Å². The van der Waals surface area contributed by atoms with Gasteiger partial charge in [-0.05, 0) is 94.6 Å². The molecule has 3 aliphatic carbocycles. The Morgan fingerprint density at radius 1 is 1.12 bits per heavy atom. The molecule has 2 heterocycles. The van der Waals surface area contributed by atoms with Gasteiger partial charge in [0.25, 0.3) is 5.88 Å². The molecule has 12 nitrogen and oxygen atoms in total. The summed E-state index contributed by atoms with van der Waals surface area (Å²) in [6.07, 6.45) is 5.57. The number of ketones is 2. The number of halogens is 1. The SMILES string of the molecule is C=CCN[C@@H]1c2onc(OCCCC)c2C(=O)[C@@]2(O[Si](C)(C)C(C)(C)C)C(O)=C3C(=O)c4c(OCCCC)cc(C5CCCN5C(=O)OC(C)(C)C)c(F)c4C[C@H]3C[C@@H]12. The van der Waals surface area contributed by atoms with Crippen LogP contribution >= 0.6 is 0 Å². The normalized spacial score (nSPS) is 24.4. The number of hydrogen-bond donors (Lipinski definition) is 2. The summed E-state index contributed by atoms with van der Waals surface area (Å²) in [4.78, 5) is 45.6. The van der Waals surface area contributed by atoms with Crippen LogP contribution in [0.15, 0.2) is 34.6 Å². The van der Waals surface area contributed by atoms with E-state index in [1.165, 1.54) is 0 Å². The van der Waals surface area contributed by atoms with Crippen molar-refractivity contribution in [1.82, 2.24) is 15.4 Å². The number of Topliss-reactive ketones (excluding diaryl/α,β-unsaturated/α-hetero) is 2. The van der Waals surface area contributed by atoms with Crippen LogP contribution in [0.3, 0.4) is 0 Å². The zero-order chi connectivity index (χ0) is 43.2. The van der Waals surface area contributed by atoms with Crippen molar-refractivity contribution in [1.29, 1.82) is 0 Å². The van der Waals surface area contributed by atoms with Crippen LogP contribution in [0, 0.1) is 17.7 Å². The minimum absolute atomic E-state index is 0.00861. The maximum absolute atomic E-state index is 17.4. The van der Waals surface area contributed by atoms with Crippen LogP contribution in [0.2, 0.25) is 18.1 Å². The van der Waals surface area contributed by atoms with Crippen molar-refractivity contribution in [3.05, 3.63) is 63.9 Å². The van der Waals surface area contributed by atoms with Crippen molar-refractivity contribution in [3.8, 4) is 11.6 Å². The number of benzene rings is 1. The molecule has 1 aromatic carbocycles. The molecule has 324 valence electrons.